The fourth-order valence-corrected chi connectivity index (χ4v) is 2.67. The Morgan fingerprint density at radius 2 is 1.88 bits per heavy atom. The lowest BCUT2D eigenvalue weighted by Gasteiger charge is -2.07. The van der Waals surface area contributed by atoms with Crippen LogP contribution in [0.15, 0.2) is 53.3 Å². The summed E-state index contributed by atoms with van der Waals surface area (Å²) in [5, 5.41) is 0.545. The van der Waals surface area contributed by atoms with E-state index in [1.54, 1.807) is 12.1 Å². The van der Waals surface area contributed by atoms with Gasteiger partial charge in [0.2, 0.25) is 0 Å². The van der Waals surface area contributed by atoms with Crippen LogP contribution >= 0.6 is 11.6 Å². The third kappa shape index (κ3) is 4.00. The van der Waals surface area contributed by atoms with Gasteiger partial charge in [-0.15, -0.1) is 0 Å². The van der Waals surface area contributed by atoms with E-state index in [2.05, 4.69) is 9.97 Å². The number of aromatic amines is 1. The van der Waals surface area contributed by atoms with Gasteiger partial charge in [-0.2, -0.15) is 4.98 Å². The number of nitrogens with zero attached hydrogens (tertiary/aromatic N) is 1. The molecule has 0 saturated carbocycles. The van der Waals surface area contributed by atoms with Gasteiger partial charge in [0.25, 0.3) is 0 Å². The minimum absolute atomic E-state index is 0.106. The number of hydrogen-bond acceptors (Lipinski definition) is 3. The molecule has 0 aliphatic heterocycles. The highest BCUT2D eigenvalue weighted by atomic mass is 35.5. The smallest absolute Gasteiger partial charge is 0.303 e. The average Bonchev–Trinajstić information content (AvgIpc) is 2.58. The van der Waals surface area contributed by atoms with Gasteiger partial charge in [-0.3, -0.25) is 4.79 Å². The molecule has 25 heavy (non-hydrogen) atoms. The third-order valence-corrected chi connectivity index (χ3v) is 4.08. The fourth-order valence-electron chi connectivity index (χ4n) is 2.48. The Labute approximate surface area is 148 Å². The summed E-state index contributed by atoms with van der Waals surface area (Å²) < 4.78 is 13.0. The number of Topliss-reactive ketones (excluding diaryl/α,β-unsaturated/α-hetero) is 1. The minimum Gasteiger partial charge on any atom is -0.303 e. The summed E-state index contributed by atoms with van der Waals surface area (Å²) in [6, 6.07) is 12.4. The molecule has 6 heteroatoms. The number of rotatable bonds is 4. The van der Waals surface area contributed by atoms with Gasteiger partial charge < -0.3 is 4.98 Å². The average molecular weight is 357 g/mol. The largest absolute Gasteiger partial charge is 0.346 e. The van der Waals surface area contributed by atoms with E-state index in [0.717, 1.165) is 11.1 Å². The van der Waals surface area contributed by atoms with Gasteiger partial charge in [0, 0.05) is 17.0 Å². The number of carbonyl (C=O) groups excluding carboxylic acids is 1. The highest BCUT2D eigenvalue weighted by Gasteiger charge is 2.13. The lowest BCUT2D eigenvalue weighted by Crippen LogP contribution is -2.18. The van der Waals surface area contributed by atoms with Gasteiger partial charge >= 0.3 is 5.69 Å². The molecule has 1 N–H and O–H groups in total. The highest BCUT2D eigenvalue weighted by molar-refractivity contribution is 6.30. The molecule has 3 aromatic rings. The number of H-pyrrole nitrogens is 1. The first-order valence-electron chi connectivity index (χ1n) is 7.58. The van der Waals surface area contributed by atoms with E-state index in [1.165, 1.54) is 30.3 Å². The van der Waals surface area contributed by atoms with Crippen molar-refractivity contribution >= 4 is 17.4 Å². The van der Waals surface area contributed by atoms with Gasteiger partial charge in [0.15, 0.2) is 5.78 Å². The van der Waals surface area contributed by atoms with Gasteiger partial charge in [0.05, 0.1) is 11.4 Å². The number of aryl methyl sites for hydroxylation is 1. The summed E-state index contributed by atoms with van der Waals surface area (Å²) in [5.74, 6) is -0.644. The molecule has 0 bridgehead atoms. The number of hydrogen-bond donors (Lipinski definition) is 1. The van der Waals surface area contributed by atoms with E-state index < -0.39 is 5.69 Å². The van der Waals surface area contributed by atoms with E-state index in [-0.39, 0.29) is 23.7 Å². The molecular weight excluding hydrogens is 343 g/mol. The molecule has 0 aliphatic rings. The first kappa shape index (κ1) is 17.0. The molecule has 4 nitrogen and oxygen atoms in total. The summed E-state index contributed by atoms with van der Waals surface area (Å²) in [7, 11) is 0. The zero-order chi connectivity index (χ0) is 18.0. The summed E-state index contributed by atoms with van der Waals surface area (Å²) in [6.45, 7) is 1.89. The summed E-state index contributed by atoms with van der Waals surface area (Å²) in [4.78, 5) is 30.7. The van der Waals surface area contributed by atoms with E-state index in [9.17, 15) is 14.0 Å². The van der Waals surface area contributed by atoms with Gasteiger partial charge in [-0.05, 0) is 60.5 Å². The fraction of sp³-hybridized carbons (Fsp3) is 0.105. The first-order chi connectivity index (χ1) is 11.9. The molecule has 0 atom stereocenters. The molecule has 1 heterocycles. The van der Waals surface area contributed by atoms with Gasteiger partial charge in [0.1, 0.15) is 5.82 Å². The number of ketones is 1. The standard InChI is InChI=1S/C19H14ClFN2O2/c1-11-2-5-14(20)8-13(11)9-18(24)17-10-16(22-19(25)23-17)12-3-6-15(21)7-4-12/h2-8,10H,9H2,1H3,(H,22,23,25). The molecule has 0 spiro atoms. The van der Waals surface area contributed by atoms with Crippen LogP contribution in [0.5, 0.6) is 0 Å². The Balaban J connectivity index is 1.94. The number of benzene rings is 2. The molecule has 0 saturated heterocycles. The molecule has 0 amide bonds. The van der Waals surface area contributed by atoms with Crippen LogP contribution in [0.3, 0.4) is 0 Å². The van der Waals surface area contributed by atoms with E-state index >= 15 is 0 Å². The Morgan fingerprint density at radius 3 is 2.60 bits per heavy atom. The van der Waals surface area contributed by atoms with Crippen molar-refractivity contribution < 1.29 is 9.18 Å². The summed E-state index contributed by atoms with van der Waals surface area (Å²) in [5.41, 5.74) is 2.12. The quantitative estimate of drug-likeness (QED) is 0.719. The second kappa shape index (κ2) is 6.99. The zero-order valence-corrected chi connectivity index (χ0v) is 14.1. The normalized spacial score (nSPS) is 10.7. The predicted molar refractivity (Wildman–Crippen MR) is 94.5 cm³/mol. The molecule has 1 aromatic heterocycles. The van der Waals surface area contributed by atoms with Crippen LogP contribution < -0.4 is 5.69 Å². The molecule has 0 radical (unpaired) electrons. The molecule has 0 unspecified atom stereocenters. The van der Waals surface area contributed by atoms with Crippen molar-refractivity contribution in [3.05, 3.63) is 86.7 Å². The zero-order valence-electron chi connectivity index (χ0n) is 13.3. The SMILES string of the molecule is Cc1ccc(Cl)cc1CC(=O)c1cc(-c2ccc(F)cc2)nc(=O)[nH]1. The van der Waals surface area contributed by atoms with Crippen molar-refractivity contribution in [3.8, 4) is 11.3 Å². The van der Waals surface area contributed by atoms with E-state index in [0.29, 0.717) is 16.3 Å². The van der Waals surface area contributed by atoms with Crippen LogP contribution in [-0.2, 0) is 6.42 Å². The van der Waals surface area contributed by atoms with E-state index in [1.807, 2.05) is 13.0 Å². The number of carbonyl (C=O) groups is 1. The minimum atomic E-state index is -0.631. The van der Waals surface area contributed by atoms with Crippen molar-refractivity contribution in [2.75, 3.05) is 0 Å². The predicted octanol–water partition coefficient (Wildman–Crippen LogP) is 3.96. The van der Waals surface area contributed by atoms with Gasteiger partial charge in [-0.1, -0.05) is 17.7 Å². The Bertz CT molecular complexity index is 997. The third-order valence-electron chi connectivity index (χ3n) is 3.85. The van der Waals surface area contributed by atoms with Gasteiger partial charge in [-0.25, -0.2) is 9.18 Å². The van der Waals surface area contributed by atoms with Crippen LogP contribution in [0.1, 0.15) is 21.6 Å². The number of halogens is 2. The van der Waals surface area contributed by atoms with Crippen LogP contribution in [0.25, 0.3) is 11.3 Å². The number of aromatic nitrogens is 2. The highest BCUT2D eigenvalue weighted by Crippen LogP contribution is 2.19. The van der Waals surface area contributed by atoms with Crippen molar-refractivity contribution in [1.82, 2.24) is 9.97 Å². The second-order valence-electron chi connectivity index (χ2n) is 5.66. The van der Waals surface area contributed by atoms with Crippen molar-refractivity contribution in [2.45, 2.75) is 13.3 Å². The Hall–Kier alpha value is -2.79. The maximum atomic E-state index is 13.0. The Morgan fingerprint density at radius 1 is 1.16 bits per heavy atom. The molecule has 3 rings (SSSR count). The molecule has 126 valence electrons. The summed E-state index contributed by atoms with van der Waals surface area (Å²) in [6.07, 6.45) is 0.106. The van der Waals surface area contributed by atoms with Crippen LogP contribution in [0.4, 0.5) is 4.39 Å². The van der Waals surface area contributed by atoms with Crippen LogP contribution in [0, 0.1) is 12.7 Å². The molecule has 2 aromatic carbocycles. The summed E-state index contributed by atoms with van der Waals surface area (Å²) >= 11 is 5.98. The number of nitrogens with one attached hydrogen (secondary N) is 1. The Kier molecular flexibility index (Phi) is 4.76. The van der Waals surface area contributed by atoms with Crippen LogP contribution in [0.2, 0.25) is 5.02 Å². The molecule has 0 aliphatic carbocycles. The maximum Gasteiger partial charge on any atom is 0.346 e. The lowest BCUT2D eigenvalue weighted by molar-refractivity contribution is 0.0987. The van der Waals surface area contributed by atoms with E-state index in [4.69, 9.17) is 11.6 Å². The van der Waals surface area contributed by atoms with Crippen molar-refractivity contribution in [1.29, 1.82) is 0 Å². The van der Waals surface area contributed by atoms with Crippen molar-refractivity contribution in [3.63, 3.8) is 0 Å². The van der Waals surface area contributed by atoms with Crippen molar-refractivity contribution in [2.24, 2.45) is 0 Å². The lowest BCUT2D eigenvalue weighted by atomic mass is 10.0. The molecular formula is C19H14ClFN2O2. The first-order valence-corrected chi connectivity index (χ1v) is 7.96. The second-order valence-corrected chi connectivity index (χ2v) is 6.10. The maximum absolute atomic E-state index is 13.0. The molecule has 0 fully saturated rings. The van der Waals surface area contributed by atoms with Crippen LogP contribution in [-0.4, -0.2) is 15.8 Å². The monoisotopic (exact) mass is 356 g/mol. The topological polar surface area (TPSA) is 62.8 Å².